The van der Waals surface area contributed by atoms with Crippen LogP contribution in [-0.2, 0) is 9.59 Å². The fourth-order valence-electron chi connectivity index (χ4n) is 4.32. The molecule has 1 aliphatic heterocycles. The minimum Gasteiger partial charge on any atom is -0.507 e. The molecule has 3 rings (SSSR count). The SMILES string of the molecule is CCCCN(CCCC)CCCN1C(=O)C(=O)C(=C(O)c2ccc(Cl)cc2)[C@@H]1c1cccnc1. The number of aromatic nitrogens is 1. The number of likely N-dealkylation sites (tertiary alicyclic amines) is 1. The van der Waals surface area contributed by atoms with E-state index in [0.717, 1.165) is 51.7 Å². The molecule has 1 atom stereocenters. The monoisotopic (exact) mass is 483 g/mol. The normalized spacial score (nSPS) is 17.6. The molecule has 1 saturated heterocycles. The van der Waals surface area contributed by atoms with Crippen LogP contribution in [0.2, 0.25) is 5.02 Å². The number of aliphatic hydroxyl groups excluding tert-OH is 1. The minimum absolute atomic E-state index is 0.0918. The van der Waals surface area contributed by atoms with Gasteiger partial charge in [-0.05, 0) is 74.8 Å². The van der Waals surface area contributed by atoms with E-state index in [1.54, 1.807) is 47.6 Å². The first-order valence-electron chi connectivity index (χ1n) is 12.1. The second-order valence-electron chi connectivity index (χ2n) is 8.69. The number of halogens is 1. The molecule has 1 aromatic carbocycles. The van der Waals surface area contributed by atoms with E-state index in [4.69, 9.17) is 11.6 Å². The molecule has 2 aromatic rings. The second-order valence-corrected chi connectivity index (χ2v) is 9.12. The number of hydrogen-bond donors (Lipinski definition) is 1. The zero-order valence-corrected chi connectivity index (χ0v) is 20.8. The lowest BCUT2D eigenvalue weighted by molar-refractivity contribution is -0.140. The summed E-state index contributed by atoms with van der Waals surface area (Å²) >= 11 is 5.98. The highest BCUT2D eigenvalue weighted by Crippen LogP contribution is 2.39. The van der Waals surface area contributed by atoms with Crippen LogP contribution in [-0.4, -0.2) is 57.8 Å². The van der Waals surface area contributed by atoms with Gasteiger partial charge in [0.05, 0.1) is 11.6 Å². The lowest BCUT2D eigenvalue weighted by Crippen LogP contribution is -2.34. The third-order valence-corrected chi connectivity index (χ3v) is 6.44. The number of carbonyl (C=O) groups is 2. The van der Waals surface area contributed by atoms with Crippen LogP contribution in [0.5, 0.6) is 0 Å². The lowest BCUT2D eigenvalue weighted by Gasteiger charge is -2.27. The standard InChI is InChI=1S/C27H34ClN3O3/c1-3-5-15-30(16-6-4-2)17-8-18-31-24(21-9-7-14-29-19-21)23(26(33)27(31)34)25(32)20-10-12-22(28)13-11-20/h7,9-14,19,24,32H,3-6,8,15-18H2,1-2H3/t24-/m0/s1. The molecule has 1 aliphatic rings. The average Bonchev–Trinajstić information content (AvgIpc) is 3.11. The van der Waals surface area contributed by atoms with Crippen molar-refractivity contribution in [3.8, 4) is 0 Å². The topological polar surface area (TPSA) is 73.7 Å². The number of amides is 1. The van der Waals surface area contributed by atoms with E-state index >= 15 is 0 Å². The van der Waals surface area contributed by atoms with Gasteiger partial charge in [-0.3, -0.25) is 14.6 Å². The number of pyridine rings is 1. The summed E-state index contributed by atoms with van der Waals surface area (Å²) in [6, 6.07) is 9.51. The highest BCUT2D eigenvalue weighted by atomic mass is 35.5. The molecule has 0 bridgehead atoms. The van der Waals surface area contributed by atoms with Crippen LogP contribution in [0.15, 0.2) is 54.4 Å². The van der Waals surface area contributed by atoms with Gasteiger partial charge in [0.1, 0.15) is 5.76 Å². The van der Waals surface area contributed by atoms with Crippen LogP contribution >= 0.6 is 11.6 Å². The van der Waals surface area contributed by atoms with Crippen LogP contribution in [0, 0.1) is 0 Å². The third-order valence-electron chi connectivity index (χ3n) is 6.19. The second kappa shape index (κ2) is 12.7. The Morgan fingerprint density at radius 1 is 1.03 bits per heavy atom. The quantitative estimate of drug-likeness (QED) is 0.247. The van der Waals surface area contributed by atoms with E-state index in [1.165, 1.54) is 0 Å². The Morgan fingerprint density at radius 3 is 2.26 bits per heavy atom. The van der Waals surface area contributed by atoms with Gasteiger partial charge in [-0.2, -0.15) is 0 Å². The molecule has 7 heteroatoms. The van der Waals surface area contributed by atoms with Gasteiger partial charge in [0.25, 0.3) is 11.7 Å². The number of rotatable bonds is 12. The largest absolute Gasteiger partial charge is 0.507 e. The molecule has 34 heavy (non-hydrogen) atoms. The van der Waals surface area contributed by atoms with Crippen molar-refractivity contribution < 1.29 is 14.7 Å². The zero-order chi connectivity index (χ0) is 24.5. The summed E-state index contributed by atoms with van der Waals surface area (Å²) in [6.07, 6.45) is 8.61. The van der Waals surface area contributed by atoms with Crippen molar-refractivity contribution in [1.29, 1.82) is 0 Å². The maximum absolute atomic E-state index is 13.1. The van der Waals surface area contributed by atoms with Gasteiger partial charge < -0.3 is 14.9 Å². The van der Waals surface area contributed by atoms with Gasteiger partial charge in [-0.25, -0.2) is 0 Å². The summed E-state index contributed by atoms with van der Waals surface area (Å²) in [5.41, 5.74) is 1.24. The summed E-state index contributed by atoms with van der Waals surface area (Å²) in [6.45, 7) is 7.74. The Balaban J connectivity index is 1.87. The molecule has 1 fully saturated rings. The molecule has 0 radical (unpaired) electrons. The Kier molecular flexibility index (Phi) is 9.66. The zero-order valence-electron chi connectivity index (χ0n) is 20.0. The number of hydrogen-bond acceptors (Lipinski definition) is 5. The summed E-state index contributed by atoms with van der Waals surface area (Å²) in [7, 11) is 0. The molecule has 0 unspecified atom stereocenters. The van der Waals surface area contributed by atoms with E-state index in [1.807, 2.05) is 6.07 Å². The Bertz CT molecular complexity index is 984. The van der Waals surface area contributed by atoms with Gasteiger partial charge in [0.15, 0.2) is 0 Å². The molecule has 0 spiro atoms. The van der Waals surface area contributed by atoms with E-state index < -0.39 is 17.7 Å². The third kappa shape index (κ3) is 6.24. The number of nitrogens with zero attached hydrogens (tertiary/aromatic N) is 3. The van der Waals surface area contributed by atoms with Crippen molar-refractivity contribution >= 4 is 29.1 Å². The Hall–Kier alpha value is -2.70. The molecule has 0 aliphatic carbocycles. The first kappa shape index (κ1) is 25.9. The molecular weight excluding hydrogens is 450 g/mol. The number of aliphatic hydroxyl groups is 1. The number of carbonyl (C=O) groups excluding carboxylic acids is 2. The van der Waals surface area contributed by atoms with Crippen molar-refractivity contribution in [2.45, 2.75) is 52.0 Å². The molecule has 1 N–H and O–H groups in total. The summed E-state index contributed by atoms with van der Waals surface area (Å²) in [4.78, 5) is 34.4. The van der Waals surface area contributed by atoms with E-state index in [0.29, 0.717) is 22.7 Å². The van der Waals surface area contributed by atoms with Crippen molar-refractivity contribution in [3.63, 3.8) is 0 Å². The van der Waals surface area contributed by atoms with Crippen molar-refractivity contribution in [2.75, 3.05) is 26.2 Å². The van der Waals surface area contributed by atoms with Gasteiger partial charge in [0, 0.05) is 29.5 Å². The number of unbranched alkanes of at least 4 members (excludes halogenated alkanes) is 2. The molecular formula is C27H34ClN3O3. The Morgan fingerprint density at radius 2 is 1.68 bits per heavy atom. The number of Topliss-reactive ketones (excluding diaryl/α,β-unsaturated/α-hetero) is 1. The highest BCUT2D eigenvalue weighted by molar-refractivity contribution is 6.46. The molecule has 6 nitrogen and oxygen atoms in total. The predicted octanol–water partition coefficient (Wildman–Crippen LogP) is 5.45. The number of ketones is 1. The van der Waals surface area contributed by atoms with Gasteiger partial charge in [0.2, 0.25) is 0 Å². The predicted molar refractivity (Wildman–Crippen MR) is 136 cm³/mol. The molecule has 2 heterocycles. The first-order chi connectivity index (χ1) is 16.5. The smallest absolute Gasteiger partial charge is 0.295 e. The van der Waals surface area contributed by atoms with Crippen molar-refractivity contribution in [3.05, 3.63) is 70.5 Å². The van der Waals surface area contributed by atoms with Crippen LogP contribution in [0.4, 0.5) is 0 Å². The summed E-state index contributed by atoms with van der Waals surface area (Å²) in [5, 5.41) is 11.6. The average molecular weight is 484 g/mol. The van der Waals surface area contributed by atoms with Crippen LogP contribution in [0.25, 0.3) is 5.76 Å². The fourth-order valence-corrected chi connectivity index (χ4v) is 4.45. The number of benzene rings is 1. The Labute approximate surface area is 207 Å². The van der Waals surface area contributed by atoms with Crippen LogP contribution in [0.3, 0.4) is 0 Å². The van der Waals surface area contributed by atoms with Crippen molar-refractivity contribution in [2.24, 2.45) is 0 Å². The van der Waals surface area contributed by atoms with Crippen LogP contribution in [0.1, 0.15) is 63.1 Å². The van der Waals surface area contributed by atoms with Gasteiger partial charge in [-0.1, -0.05) is 44.4 Å². The van der Waals surface area contributed by atoms with Gasteiger partial charge >= 0.3 is 0 Å². The summed E-state index contributed by atoms with van der Waals surface area (Å²) in [5.74, 6) is -1.45. The van der Waals surface area contributed by atoms with Crippen molar-refractivity contribution in [1.82, 2.24) is 14.8 Å². The molecule has 1 aromatic heterocycles. The minimum atomic E-state index is -0.677. The first-order valence-corrected chi connectivity index (χ1v) is 12.5. The van der Waals surface area contributed by atoms with Gasteiger partial charge in [-0.15, -0.1) is 0 Å². The molecule has 0 saturated carbocycles. The summed E-state index contributed by atoms with van der Waals surface area (Å²) < 4.78 is 0. The maximum atomic E-state index is 13.1. The lowest BCUT2D eigenvalue weighted by atomic mass is 9.96. The molecule has 1 amide bonds. The van der Waals surface area contributed by atoms with E-state index in [2.05, 4.69) is 23.7 Å². The fraction of sp³-hybridized carbons (Fsp3) is 0.444. The highest BCUT2D eigenvalue weighted by Gasteiger charge is 2.45. The molecule has 182 valence electrons. The van der Waals surface area contributed by atoms with E-state index in [9.17, 15) is 14.7 Å². The van der Waals surface area contributed by atoms with Crippen LogP contribution < -0.4 is 0 Å². The van der Waals surface area contributed by atoms with E-state index in [-0.39, 0.29) is 11.3 Å². The maximum Gasteiger partial charge on any atom is 0.295 e.